The van der Waals surface area contributed by atoms with Crippen LogP contribution in [0.1, 0.15) is 34.1 Å². The van der Waals surface area contributed by atoms with E-state index in [1.807, 2.05) is 0 Å². The summed E-state index contributed by atoms with van der Waals surface area (Å²) in [6.07, 6.45) is 3.46. The van der Waals surface area contributed by atoms with Crippen molar-refractivity contribution < 1.29 is 4.79 Å². The Hall–Kier alpha value is -2.70. The van der Waals surface area contributed by atoms with Crippen LogP contribution in [0.25, 0.3) is 0 Å². The molecule has 27 heavy (non-hydrogen) atoms. The summed E-state index contributed by atoms with van der Waals surface area (Å²) in [5.74, 6) is -0.492. The Morgan fingerprint density at radius 1 is 1.11 bits per heavy atom. The standard InChI is InChI=1S/C19H15Cl2N3O3/c1-2-15-16(17(25)12-7-13(20)9-14(21)8-12)24(19(27)23-18(15)26)10-11-3-5-22-6-4-11/h3-9H,2,10H2,1H3,(H,23,26,27). The number of ketones is 1. The lowest BCUT2D eigenvalue weighted by Crippen LogP contribution is -2.37. The normalized spacial score (nSPS) is 10.8. The molecule has 0 saturated carbocycles. The molecule has 2 aromatic heterocycles. The topological polar surface area (TPSA) is 84.8 Å². The largest absolute Gasteiger partial charge is 0.329 e. The van der Waals surface area contributed by atoms with Gasteiger partial charge in [-0.1, -0.05) is 30.1 Å². The van der Waals surface area contributed by atoms with Crippen molar-refractivity contribution >= 4 is 29.0 Å². The number of halogens is 2. The molecular formula is C19H15Cl2N3O3. The van der Waals surface area contributed by atoms with Gasteiger partial charge in [0.15, 0.2) is 0 Å². The maximum absolute atomic E-state index is 13.2. The van der Waals surface area contributed by atoms with Crippen LogP contribution in [0.2, 0.25) is 10.0 Å². The fourth-order valence-electron chi connectivity index (χ4n) is 2.84. The van der Waals surface area contributed by atoms with Gasteiger partial charge in [-0.3, -0.25) is 24.1 Å². The molecule has 0 saturated heterocycles. The summed E-state index contributed by atoms with van der Waals surface area (Å²) in [5.41, 5.74) is -0.0170. The Labute approximate surface area is 164 Å². The number of carbonyl (C=O) groups is 1. The van der Waals surface area contributed by atoms with Crippen molar-refractivity contribution in [3.05, 3.63) is 96.0 Å². The van der Waals surface area contributed by atoms with Gasteiger partial charge >= 0.3 is 5.69 Å². The van der Waals surface area contributed by atoms with E-state index in [0.717, 1.165) is 5.56 Å². The highest BCUT2D eigenvalue weighted by Crippen LogP contribution is 2.22. The van der Waals surface area contributed by atoms with Crippen molar-refractivity contribution in [1.82, 2.24) is 14.5 Å². The number of carbonyl (C=O) groups excluding carboxylic acids is 1. The predicted octanol–water partition coefficient (Wildman–Crippen LogP) is 3.08. The van der Waals surface area contributed by atoms with Crippen LogP contribution >= 0.6 is 23.2 Å². The molecule has 8 heteroatoms. The second-order valence-electron chi connectivity index (χ2n) is 5.87. The quantitative estimate of drug-likeness (QED) is 0.663. The molecule has 0 unspecified atom stereocenters. The van der Waals surface area contributed by atoms with Crippen molar-refractivity contribution in [3.8, 4) is 0 Å². The summed E-state index contributed by atoms with van der Waals surface area (Å²) >= 11 is 12.0. The minimum Gasteiger partial charge on any atom is -0.287 e. The number of aromatic amines is 1. The molecule has 0 aliphatic heterocycles. The summed E-state index contributed by atoms with van der Waals surface area (Å²) in [6, 6.07) is 7.87. The number of rotatable bonds is 5. The van der Waals surface area contributed by atoms with Gasteiger partial charge in [-0.15, -0.1) is 0 Å². The molecular weight excluding hydrogens is 389 g/mol. The van der Waals surface area contributed by atoms with Crippen LogP contribution < -0.4 is 11.2 Å². The number of H-pyrrole nitrogens is 1. The first-order chi connectivity index (χ1) is 12.9. The van der Waals surface area contributed by atoms with Crippen molar-refractivity contribution in [2.24, 2.45) is 0 Å². The second kappa shape index (κ2) is 7.90. The third-order valence-electron chi connectivity index (χ3n) is 4.08. The monoisotopic (exact) mass is 403 g/mol. The molecule has 1 N–H and O–H groups in total. The van der Waals surface area contributed by atoms with E-state index in [1.54, 1.807) is 31.5 Å². The molecule has 1 aromatic carbocycles. The van der Waals surface area contributed by atoms with E-state index in [1.165, 1.54) is 22.8 Å². The smallest absolute Gasteiger partial charge is 0.287 e. The van der Waals surface area contributed by atoms with Crippen LogP contribution in [0.3, 0.4) is 0 Å². The van der Waals surface area contributed by atoms with Gasteiger partial charge in [0.2, 0.25) is 5.78 Å². The van der Waals surface area contributed by atoms with Gasteiger partial charge in [0, 0.05) is 33.6 Å². The van der Waals surface area contributed by atoms with Gasteiger partial charge in [-0.05, 0) is 42.3 Å². The van der Waals surface area contributed by atoms with E-state index in [-0.39, 0.29) is 39.8 Å². The molecule has 0 fully saturated rings. The first-order valence-corrected chi connectivity index (χ1v) is 8.92. The zero-order chi connectivity index (χ0) is 19.6. The predicted molar refractivity (Wildman–Crippen MR) is 104 cm³/mol. The molecule has 0 spiro atoms. The number of hydrogen-bond donors (Lipinski definition) is 1. The summed E-state index contributed by atoms with van der Waals surface area (Å²) in [4.78, 5) is 44.2. The van der Waals surface area contributed by atoms with Crippen LogP contribution in [0, 0.1) is 0 Å². The molecule has 3 rings (SSSR count). The Bertz CT molecular complexity index is 1100. The molecule has 0 amide bonds. The zero-order valence-corrected chi connectivity index (χ0v) is 15.8. The molecule has 0 aliphatic rings. The maximum Gasteiger partial charge on any atom is 0.329 e. The number of hydrogen-bond acceptors (Lipinski definition) is 4. The summed E-state index contributed by atoms with van der Waals surface area (Å²) in [7, 11) is 0. The van der Waals surface area contributed by atoms with E-state index in [0.29, 0.717) is 0 Å². The molecule has 0 radical (unpaired) electrons. The second-order valence-corrected chi connectivity index (χ2v) is 6.74. The van der Waals surface area contributed by atoms with Crippen molar-refractivity contribution in [1.29, 1.82) is 0 Å². The molecule has 0 bridgehead atoms. The number of nitrogens with zero attached hydrogens (tertiary/aromatic N) is 2. The third kappa shape index (κ3) is 4.02. The molecule has 6 nitrogen and oxygen atoms in total. The molecule has 138 valence electrons. The zero-order valence-electron chi connectivity index (χ0n) is 14.3. The van der Waals surface area contributed by atoms with E-state index >= 15 is 0 Å². The molecule has 2 heterocycles. The number of aromatic nitrogens is 3. The Morgan fingerprint density at radius 2 is 1.74 bits per heavy atom. The number of pyridine rings is 1. The van der Waals surface area contributed by atoms with Gasteiger partial charge in [0.05, 0.1) is 6.54 Å². The van der Waals surface area contributed by atoms with E-state index in [2.05, 4.69) is 9.97 Å². The lowest BCUT2D eigenvalue weighted by molar-refractivity contribution is 0.102. The fraction of sp³-hybridized carbons (Fsp3) is 0.158. The van der Waals surface area contributed by atoms with Crippen molar-refractivity contribution in [2.45, 2.75) is 19.9 Å². The highest BCUT2D eigenvalue weighted by atomic mass is 35.5. The Balaban J connectivity index is 2.24. The van der Waals surface area contributed by atoms with Crippen LogP contribution in [-0.4, -0.2) is 20.3 Å². The third-order valence-corrected chi connectivity index (χ3v) is 4.52. The number of benzene rings is 1. The van der Waals surface area contributed by atoms with Gasteiger partial charge in [0.25, 0.3) is 5.56 Å². The van der Waals surface area contributed by atoms with Gasteiger partial charge in [-0.2, -0.15) is 0 Å². The summed E-state index contributed by atoms with van der Waals surface area (Å²) in [5, 5.41) is 0.577. The average Bonchev–Trinajstić information content (AvgIpc) is 2.63. The summed E-state index contributed by atoms with van der Waals surface area (Å²) < 4.78 is 1.26. The van der Waals surface area contributed by atoms with Crippen molar-refractivity contribution in [2.75, 3.05) is 0 Å². The summed E-state index contributed by atoms with van der Waals surface area (Å²) in [6.45, 7) is 1.86. The Kier molecular flexibility index (Phi) is 5.58. The van der Waals surface area contributed by atoms with Crippen LogP contribution in [-0.2, 0) is 13.0 Å². The van der Waals surface area contributed by atoms with Crippen molar-refractivity contribution in [3.63, 3.8) is 0 Å². The fourth-order valence-corrected chi connectivity index (χ4v) is 3.37. The van der Waals surface area contributed by atoms with E-state index in [4.69, 9.17) is 23.2 Å². The van der Waals surface area contributed by atoms with Gasteiger partial charge in [-0.25, -0.2) is 4.79 Å². The van der Waals surface area contributed by atoms with Gasteiger partial charge < -0.3 is 0 Å². The van der Waals surface area contributed by atoms with Crippen LogP contribution in [0.15, 0.2) is 52.3 Å². The molecule has 0 atom stereocenters. The first-order valence-electron chi connectivity index (χ1n) is 8.16. The maximum atomic E-state index is 13.2. The Morgan fingerprint density at radius 3 is 2.33 bits per heavy atom. The highest BCUT2D eigenvalue weighted by Gasteiger charge is 2.22. The lowest BCUT2D eigenvalue weighted by atomic mass is 10.0. The SMILES string of the molecule is CCc1c(C(=O)c2cc(Cl)cc(Cl)c2)n(Cc2ccncc2)c(=O)[nH]c1=O. The van der Waals surface area contributed by atoms with E-state index in [9.17, 15) is 14.4 Å². The molecule has 3 aromatic rings. The first kappa shape index (κ1) is 19.1. The highest BCUT2D eigenvalue weighted by molar-refractivity contribution is 6.35. The molecule has 0 aliphatic carbocycles. The van der Waals surface area contributed by atoms with Gasteiger partial charge in [0.1, 0.15) is 5.69 Å². The van der Waals surface area contributed by atoms with Crippen LogP contribution in [0.5, 0.6) is 0 Å². The number of nitrogens with one attached hydrogen (secondary N) is 1. The lowest BCUT2D eigenvalue weighted by Gasteiger charge is -2.15. The average molecular weight is 404 g/mol. The minimum atomic E-state index is -0.662. The van der Waals surface area contributed by atoms with Crippen LogP contribution in [0.4, 0.5) is 0 Å². The van der Waals surface area contributed by atoms with E-state index < -0.39 is 17.0 Å². The minimum absolute atomic E-state index is 0.0291.